The highest BCUT2D eigenvalue weighted by Crippen LogP contribution is 2.48. The molecule has 8 aromatic rings. The van der Waals surface area contributed by atoms with E-state index >= 15 is 0 Å². The normalized spacial score (nSPS) is 12.1. The second-order valence-electron chi connectivity index (χ2n) is 9.26. The molecule has 0 nitrogen and oxygen atoms in total. The highest BCUT2D eigenvalue weighted by atomic mass is 14.2. The third-order valence-corrected chi connectivity index (χ3v) is 7.57. The summed E-state index contributed by atoms with van der Waals surface area (Å²) in [6, 6.07) is 44.7. The number of hydrogen-bond donors (Lipinski definition) is 0. The summed E-state index contributed by atoms with van der Waals surface area (Å²) < 4.78 is 0. The Labute approximate surface area is 197 Å². The van der Waals surface area contributed by atoms with Crippen LogP contribution in [0.15, 0.2) is 121 Å². The topological polar surface area (TPSA) is 0 Å². The van der Waals surface area contributed by atoms with Crippen LogP contribution in [0.2, 0.25) is 0 Å². The van der Waals surface area contributed by atoms with Gasteiger partial charge in [0.05, 0.1) is 0 Å². The summed E-state index contributed by atoms with van der Waals surface area (Å²) in [5, 5.41) is 16.0. The Morgan fingerprint density at radius 1 is 0.265 bits per heavy atom. The number of hydrogen-bond acceptors (Lipinski definition) is 0. The Hall–Kier alpha value is -4.42. The molecule has 0 aliphatic rings. The monoisotopic (exact) mass is 428 g/mol. The molecule has 0 spiro atoms. The van der Waals surface area contributed by atoms with Gasteiger partial charge in [-0.2, -0.15) is 0 Å². The van der Waals surface area contributed by atoms with Crippen molar-refractivity contribution in [3.05, 3.63) is 121 Å². The summed E-state index contributed by atoms with van der Waals surface area (Å²) in [6.45, 7) is 0. The van der Waals surface area contributed by atoms with Crippen molar-refractivity contribution in [2.45, 2.75) is 0 Å². The summed E-state index contributed by atoms with van der Waals surface area (Å²) in [4.78, 5) is 0. The van der Waals surface area contributed by atoms with Crippen molar-refractivity contribution < 1.29 is 0 Å². The molecule has 0 saturated carbocycles. The average molecular weight is 429 g/mol. The van der Waals surface area contributed by atoms with Crippen LogP contribution in [0.3, 0.4) is 0 Å². The zero-order valence-corrected chi connectivity index (χ0v) is 18.5. The molecule has 0 amide bonds. The van der Waals surface area contributed by atoms with Crippen LogP contribution in [0.1, 0.15) is 0 Å². The maximum atomic E-state index is 2.32. The first-order valence-corrected chi connectivity index (χ1v) is 11.9. The molecular formula is C34H20. The standard InChI is InChI=1S/C34H20/c1-2-13-23-21(9-1)10-5-16-24(23)32-26-14-3-4-15-27(26)33-29-19-7-12-22-11-6-17-25(31(22)29)28-18-8-20-30(32)34(28)33/h1-20H. The van der Waals surface area contributed by atoms with Crippen LogP contribution in [0, 0.1) is 0 Å². The van der Waals surface area contributed by atoms with Crippen LogP contribution < -0.4 is 0 Å². The highest BCUT2D eigenvalue weighted by Gasteiger charge is 2.20. The summed E-state index contributed by atoms with van der Waals surface area (Å²) in [7, 11) is 0. The summed E-state index contributed by atoms with van der Waals surface area (Å²) in [5.41, 5.74) is 2.63. The van der Waals surface area contributed by atoms with Crippen LogP contribution >= 0.6 is 0 Å². The fourth-order valence-corrected chi connectivity index (χ4v) is 6.24. The van der Waals surface area contributed by atoms with Crippen molar-refractivity contribution in [2.75, 3.05) is 0 Å². The maximum absolute atomic E-state index is 2.32. The number of rotatable bonds is 1. The van der Waals surface area contributed by atoms with Crippen LogP contribution in [0.25, 0.3) is 75.8 Å². The van der Waals surface area contributed by atoms with Gasteiger partial charge in [-0.25, -0.2) is 0 Å². The molecule has 34 heavy (non-hydrogen) atoms. The van der Waals surface area contributed by atoms with Crippen LogP contribution in [0.5, 0.6) is 0 Å². The molecule has 0 radical (unpaired) electrons. The predicted molar refractivity (Wildman–Crippen MR) is 148 cm³/mol. The molecule has 8 aromatic carbocycles. The molecule has 0 heterocycles. The van der Waals surface area contributed by atoms with Gasteiger partial charge >= 0.3 is 0 Å². The molecule has 8 rings (SSSR count). The molecule has 0 atom stereocenters. The van der Waals surface area contributed by atoms with Crippen LogP contribution in [-0.4, -0.2) is 0 Å². The first-order chi connectivity index (χ1) is 16.9. The zero-order chi connectivity index (χ0) is 22.2. The fraction of sp³-hybridized carbons (Fsp3) is 0. The Bertz CT molecular complexity index is 2050. The average Bonchev–Trinajstić information content (AvgIpc) is 2.90. The van der Waals surface area contributed by atoms with Crippen molar-refractivity contribution in [1.82, 2.24) is 0 Å². The number of benzene rings is 8. The summed E-state index contributed by atoms with van der Waals surface area (Å²) >= 11 is 0. The molecular weight excluding hydrogens is 408 g/mol. The smallest absolute Gasteiger partial charge is 0.00137 e. The van der Waals surface area contributed by atoms with E-state index in [9.17, 15) is 0 Å². The molecule has 0 aliphatic heterocycles. The summed E-state index contributed by atoms with van der Waals surface area (Å²) in [5.74, 6) is 0. The Kier molecular flexibility index (Phi) is 3.48. The van der Waals surface area contributed by atoms with E-state index in [1.807, 2.05) is 0 Å². The summed E-state index contributed by atoms with van der Waals surface area (Å²) in [6.07, 6.45) is 0. The second kappa shape index (κ2) is 6.56. The molecule has 0 N–H and O–H groups in total. The molecule has 0 saturated heterocycles. The van der Waals surface area contributed by atoms with Crippen molar-refractivity contribution in [2.24, 2.45) is 0 Å². The molecule has 0 aliphatic carbocycles. The lowest BCUT2D eigenvalue weighted by Gasteiger charge is -2.20. The van der Waals surface area contributed by atoms with Crippen LogP contribution in [0.4, 0.5) is 0 Å². The fourth-order valence-electron chi connectivity index (χ4n) is 6.24. The van der Waals surface area contributed by atoms with Gasteiger partial charge < -0.3 is 0 Å². The van der Waals surface area contributed by atoms with E-state index in [1.54, 1.807) is 0 Å². The van der Waals surface area contributed by atoms with E-state index < -0.39 is 0 Å². The first kappa shape index (κ1) is 18.1. The van der Waals surface area contributed by atoms with E-state index in [-0.39, 0.29) is 0 Å². The zero-order valence-electron chi connectivity index (χ0n) is 18.5. The van der Waals surface area contributed by atoms with Gasteiger partial charge in [0.25, 0.3) is 0 Å². The van der Waals surface area contributed by atoms with Gasteiger partial charge in [-0.1, -0.05) is 121 Å². The minimum Gasteiger partial charge on any atom is -0.0616 e. The van der Waals surface area contributed by atoms with Crippen molar-refractivity contribution in [1.29, 1.82) is 0 Å². The third kappa shape index (κ3) is 2.23. The Morgan fingerprint density at radius 2 is 0.735 bits per heavy atom. The van der Waals surface area contributed by atoms with Crippen molar-refractivity contribution in [3.8, 4) is 11.1 Å². The molecule has 0 unspecified atom stereocenters. The van der Waals surface area contributed by atoms with Crippen LogP contribution in [-0.2, 0) is 0 Å². The molecule has 0 fully saturated rings. The van der Waals surface area contributed by atoms with E-state index in [0.29, 0.717) is 0 Å². The van der Waals surface area contributed by atoms with Gasteiger partial charge in [-0.05, 0) is 75.8 Å². The third-order valence-electron chi connectivity index (χ3n) is 7.57. The lowest BCUT2D eigenvalue weighted by atomic mass is 9.82. The van der Waals surface area contributed by atoms with Gasteiger partial charge in [0.1, 0.15) is 0 Å². The molecule has 0 aromatic heterocycles. The minimum atomic E-state index is 1.28. The largest absolute Gasteiger partial charge is 0.0616 e. The molecule has 0 bridgehead atoms. The van der Waals surface area contributed by atoms with Gasteiger partial charge in [-0.3, -0.25) is 0 Å². The van der Waals surface area contributed by atoms with E-state index in [2.05, 4.69) is 121 Å². The lowest BCUT2D eigenvalue weighted by Crippen LogP contribution is -1.92. The number of fused-ring (bicyclic) bond motifs is 5. The highest BCUT2D eigenvalue weighted by molar-refractivity contribution is 6.40. The van der Waals surface area contributed by atoms with E-state index in [4.69, 9.17) is 0 Å². The minimum absolute atomic E-state index is 1.28. The maximum Gasteiger partial charge on any atom is -0.00137 e. The van der Waals surface area contributed by atoms with Gasteiger partial charge in [0, 0.05) is 0 Å². The van der Waals surface area contributed by atoms with Gasteiger partial charge in [0.15, 0.2) is 0 Å². The Balaban J connectivity index is 1.73. The second-order valence-corrected chi connectivity index (χ2v) is 9.26. The SMILES string of the molecule is c1ccc2c(-c3c4ccccc4c4c5cccc6cccc(c7cccc3c74)c65)cccc2c1. The molecule has 156 valence electrons. The molecule has 0 heteroatoms. The van der Waals surface area contributed by atoms with E-state index in [1.165, 1.54) is 75.8 Å². The first-order valence-electron chi connectivity index (χ1n) is 11.9. The Morgan fingerprint density at radius 3 is 1.59 bits per heavy atom. The van der Waals surface area contributed by atoms with Crippen molar-refractivity contribution in [3.63, 3.8) is 0 Å². The van der Waals surface area contributed by atoms with Crippen molar-refractivity contribution >= 4 is 64.6 Å². The van der Waals surface area contributed by atoms with Gasteiger partial charge in [0.2, 0.25) is 0 Å². The quantitative estimate of drug-likeness (QED) is 0.180. The predicted octanol–water partition coefficient (Wildman–Crippen LogP) is 9.71. The lowest BCUT2D eigenvalue weighted by molar-refractivity contribution is 1.72. The van der Waals surface area contributed by atoms with E-state index in [0.717, 1.165) is 0 Å². The van der Waals surface area contributed by atoms with Gasteiger partial charge in [-0.15, -0.1) is 0 Å².